The maximum Gasteiger partial charge on any atom is 0.416 e. The topological polar surface area (TPSA) is 45.6 Å². The maximum atomic E-state index is 13.0. The van der Waals surface area contributed by atoms with Gasteiger partial charge in [-0.25, -0.2) is 0 Å². The van der Waals surface area contributed by atoms with Gasteiger partial charge in [0.25, 0.3) is 0 Å². The summed E-state index contributed by atoms with van der Waals surface area (Å²) in [6.07, 6.45) is -1.91. The van der Waals surface area contributed by atoms with Gasteiger partial charge in [-0.05, 0) is 35.4 Å². The van der Waals surface area contributed by atoms with E-state index < -0.39 is 17.8 Å². The molecule has 2 heterocycles. The number of fused-ring (bicyclic) bond motifs is 1. The average Bonchev–Trinajstić information content (AvgIpc) is 2.94. The fourth-order valence-corrected chi connectivity index (χ4v) is 3.61. The van der Waals surface area contributed by atoms with Gasteiger partial charge in [-0.3, -0.25) is 9.88 Å². The highest BCUT2D eigenvalue weighted by Crippen LogP contribution is 2.31. The molecule has 7 heteroatoms. The van der Waals surface area contributed by atoms with Gasteiger partial charge in [0.15, 0.2) is 0 Å². The largest absolute Gasteiger partial charge is 0.492 e. The summed E-state index contributed by atoms with van der Waals surface area (Å²) >= 11 is 0. The Balaban J connectivity index is 1.54. The highest BCUT2D eigenvalue weighted by Gasteiger charge is 2.30. The van der Waals surface area contributed by atoms with Crippen molar-refractivity contribution in [1.29, 1.82) is 0 Å². The third kappa shape index (κ3) is 4.63. The van der Waals surface area contributed by atoms with Crippen molar-refractivity contribution in [2.45, 2.75) is 25.4 Å². The Bertz CT molecular complexity index is 1010. The molecule has 2 aromatic carbocycles. The zero-order valence-electron chi connectivity index (χ0n) is 16.1. The number of ether oxygens (including phenoxy) is 1. The van der Waals surface area contributed by atoms with Crippen molar-refractivity contribution in [3.63, 3.8) is 0 Å². The molecule has 0 radical (unpaired) electrons. The fraction of sp³-hybridized carbons (Fsp3) is 0.261. The summed E-state index contributed by atoms with van der Waals surface area (Å²) in [5.74, 6) is 0.726. The van der Waals surface area contributed by atoms with Gasteiger partial charge >= 0.3 is 6.18 Å². The Kier molecular flexibility index (Phi) is 5.74. The van der Waals surface area contributed by atoms with E-state index in [1.165, 1.54) is 12.1 Å². The molecule has 1 aromatic heterocycles. The molecule has 0 bridgehead atoms. The van der Waals surface area contributed by atoms with Gasteiger partial charge in [0, 0.05) is 43.2 Å². The number of pyridine rings is 1. The normalized spacial score (nSPS) is 15.7. The van der Waals surface area contributed by atoms with Gasteiger partial charge in [0.1, 0.15) is 18.5 Å². The molecular formula is C23H21F3N2O2. The molecule has 0 saturated heterocycles. The summed E-state index contributed by atoms with van der Waals surface area (Å²) in [4.78, 5) is 6.09. The third-order valence-corrected chi connectivity index (χ3v) is 5.12. The molecule has 0 amide bonds. The number of alkyl halides is 3. The second-order valence-electron chi connectivity index (χ2n) is 7.31. The van der Waals surface area contributed by atoms with Crippen LogP contribution in [0.5, 0.6) is 5.75 Å². The number of rotatable bonds is 4. The molecule has 0 fully saturated rings. The van der Waals surface area contributed by atoms with Gasteiger partial charge < -0.3 is 9.84 Å². The van der Waals surface area contributed by atoms with Gasteiger partial charge in [0.05, 0.1) is 5.56 Å². The molecule has 3 aromatic rings. The molecule has 4 rings (SSSR count). The van der Waals surface area contributed by atoms with Crippen molar-refractivity contribution in [3.05, 3.63) is 94.8 Å². The summed E-state index contributed by atoms with van der Waals surface area (Å²) in [7, 11) is 0. The second kappa shape index (κ2) is 8.45. The van der Waals surface area contributed by atoms with Gasteiger partial charge in [0.2, 0.25) is 0 Å². The van der Waals surface area contributed by atoms with E-state index in [0.29, 0.717) is 42.9 Å². The van der Waals surface area contributed by atoms with Crippen LogP contribution < -0.4 is 4.74 Å². The van der Waals surface area contributed by atoms with Gasteiger partial charge in [-0.2, -0.15) is 13.2 Å². The SMILES string of the molecule is O[C@H](c1cccnc1)c1ccc2c(c1)CN(Cc1cccc(C(F)(F)F)c1)CCO2. The molecule has 156 valence electrons. The fourth-order valence-electron chi connectivity index (χ4n) is 3.61. The van der Waals surface area contributed by atoms with Gasteiger partial charge in [-0.1, -0.05) is 30.3 Å². The van der Waals surface area contributed by atoms with Crippen LogP contribution in [0, 0.1) is 0 Å². The summed E-state index contributed by atoms with van der Waals surface area (Å²) in [5, 5.41) is 10.7. The predicted molar refractivity (Wildman–Crippen MR) is 106 cm³/mol. The minimum absolute atomic E-state index is 0.377. The molecule has 1 atom stereocenters. The number of nitrogens with zero attached hydrogens (tertiary/aromatic N) is 2. The van der Waals surface area contributed by atoms with Crippen molar-refractivity contribution >= 4 is 0 Å². The average molecular weight is 414 g/mol. The lowest BCUT2D eigenvalue weighted by atomic mass is 10.00. The van der Waals surface area contributed by atoms with Crippen LogP contribution in [-0.4, -0.2) is 28.1 Å². The van der Waals surface area contributed by atoms with Gasteiger partial charge in [-0.15, -0.1) is 0 Å². The van der Waals surface area contributed by atoms with E-state index in [0.717, 1.165) is 17.4 Å². The van der Waals surface area contributed by atoms with Crippen molar-refractivity contribution in [3.8, 4) is 5.75 Å². The molecule has 0 spiro atoms. The molecule has 1 N–H and O–H groups in total. The van der Waals surface area contributed by atoms with Crippen LogP contribution in [0.3, 0.4) is 0 Å². The highest BCUT2D eigenvalue weighted by atomic mass is 19.4. The summed E-state index contributed by atoms with van der Waals surface area (Å²) in [5.41, 5.74) is 2.24. The van der Waals surface area contributed by atoms with E-state index in [1.807, 2.05) is 23.1 Å². The number of hydrogen-bond donors (Lipinski definition) is 1. The molecule has 0 aliphatic carbocycles. The second-order valence-corrected chi connectivity index (χ2v) is 7.31. The number of hydrogen-bond acceptors (Lipinski definition) is 4. The summed E-state index contributed by atoms with van der Waals surface area (Å²) < 4.78 is 44.8. The highest BCUT2D eigenvalue weighted by molar-refractivity contribution is 5.41. The Hall–Kier alpha value is -2.90. The van der Waals surface area contributed by atoms with Crippen molar-refractivity contribution < 1.29 is 23.0 Å². The number of benzene rings is 2. The lowest BCUT2D eigenvalue weighted by molar-refractivity contribution is -0.137. The lowest BCUT2D eigenvalue weighted by Crippen LogP contribution is -2.25. The quantitative estimate of drug-likeness (QED) is 0.679. The van der Waals surface area contributed by atoms with Crippen LogP contribution >= 0.6 is 0 Å². The first kappa shape index (κ1) is 20.4. The first-order valence-corrected chi connectivity index (χ1v) is 9.62. The van der Waals surface area contributed by atoms with E-state index in [9.17, 15) is 18.3 Å². The molecule has 1 aliphatic rings. The molecule has 30 heavy (non-hydrogen) atoms. The number of aliphatic hydroxyl groups excluding tert-OH is 1. The first-order chi connectivity index (χ1) is 14.4. The Morgan fingerprint density at radius 1 is 1.07 bits per heavy atom. The smallest absolute Gasteiger partial charge is 0.416 e. The van der Waals surface area contributed by atoms with Crippen LogP contribution in [0.25, 0.3) is 0 Å². The van der Waals surface area contributed by atoms with E-state index >= 15 is 0 Å². The molecular weight excluding hydrogens is 393 g/mol. The van der Waals surface area contributed by atoms with Crippen molar-refractivity contribution in [1.82, 2.24) is 9.88 Å². The number of aliphatic hydroxyl groups is 1. The van der Waals surface area contributed by atoms with Crippen LogP contribution in [0.15, 0.2) is 67.0 Å². The third-order valence-electron chi connectivity index (χ3n) is 5.12. The zero-order valence-corrected chi connectivity index (χ0v) is 16.1. The lowest BCUT2D eigenvalue weighted by Gasteiger charge is -2.20. The van der Waals surface area contributed by atoms with E-state index in [2.05, 4.69) is 4.98 Å². The molecule has 1 aliphatic heterocycles. The van der Waals surface area contributed by atoms with E-state index in [1.54, 1.807) is 30.6 Å². The van der Waals surface area contributed by atoms with E-state index in [-0.39, 0.29) is 0 Å². The number of halogens is 3. The zero-order chi connectivity index (χ0) is 21.1. The molecule has 0 saturated carbocycles. The maximum absolute atomic E-state index is 13.0. The first-order valence-electron chi connectivity index (χ1n) is 9.62. The minimum atomic E-state index is -4.36. The van der Waals surface area contributed by atoms with E-state index in [4.69, 9.17) is 4.74 Å². The van der Waals surface area contributed by atoms with Crippen LogP contribution in [0.2, 0.25) is 0 Å². The van der Waals surface area contributed by atoms with Crippen molar-refractivity contribution in [2.75, 3.05) is 13.2 Å². The Labute approximate surface area is 172 Å². The Morgan fingerprint density at radius 2 is 1.93 bits per heavy atom. The minimum Gasteiger partial charge on any atom is -0.492 e. The molecule has 0 unspecified atom stereocenters. The number of aromatic nitrogens is 1. The standard InChI is InChI=1S/C23H21F3N2O2/c24-23(25,26)20-5-1-3-16(11-20)14-28-9-10-30-21-7-6-17(12-19(21)15-28)22(29)18-4-2-8-27-13-18/h1-8,11-13,22,29H,9-10,14-15H2/t22-/m0/s1. The summed E-state index contributed by atoms with van der Waals surface area (Å²) in [6.45, 7) is 1.92. The van der Waals surface area contributed by atoms with Crippen LogP contribution in [-0.2, 0) is 19.3 Å². The van der Waals surface area contributed by atoms with Crippen LogP contribution in [0.4, 0.5) is 13.2 Å². The summed E-state index contributed by atoms with van der Waals surface area (Å²) in [6, 6.07) is 14.5. The van der Waals surface area contributed by atoms with Crippen molar-refractivity contribution in [2.24, 2.45) is 0 Å². The monoisotopic (exact) mass is 414 g/mol. The molecule has 4 nitrogen and oxygen atoms in total. The Morgan fingerprint density at radius 3 is 2.70 bits per heavy atom. The predicted octanol–water partition coefficient (Wildman–Crippen LogP) is 4.58. The van der Waals surface area contributed by atoms with Crippen LogP contribution in [0.1, 0.15) is 33.9 Å².